The molecule has 0 fully saturated rings. The molecule has 8 heteroatoms. The van der Waals surface area contributed by atoms with E-state index < -0.39 is 36.0 Å². The van der Waals surface area contributed by atoms with E-state index in [4.69, 9.17) is 4.74 Å². The maximum atomic E-state index is 12.5. The van der Waals surface area contributed by atoms with Gasteiger partial charge in [-0.25, -0.2) is 9.59 Å². The number of hydrogen-bond donors (Lipinski definition) is 3. The van der Waals surface area contributed by atoms with Gasteiger partial charge in [0.1, 0.15) is 6.04 Å². The van der Waals surface area contributed by atoms with Crippen molar-refractivity contribution in [3.05, 3.63) is 35.4 Å². The summed E-state index contributed by atoms with van der Waals surface area (Å²) in [5, 5.41) is 7.14. The fourth-order valence-corrected chi connectivity index (χ4v) is 2.26. The molecule has 2 atom stereocenters. The first-order valence-electron chi connectivity index (χ1n) is 8.83. The normalized spacial score (nSPS) is 12.7. The van der Waals surface area contributed by atoms with Gasteiger partial charge in [-0.1, -0.05) is 32.0 Å². The molecule has 1 aromatic carbocycles. The van der Waals surface area contributed by atoms with Crippen LogP contribution in [0.25, 0.3) is 0 Å². The maximum Gasteiger partial charge on any atom is 0.329 e. The summed E-state index contributed by atoms with van der Waals surface area (Å²) in [5.41, 5.74) is 1.23. The van der Waals surface area contributed by atoms with Gasteiger partial charge < -0.3 is 15.4 Å². The van der Waals surface area contributed by atoms with E-state index in [1.54, 1.807) is 45.9 Å². The molecule has 0 saturated heterocycles. The predicted octanol–water partition coefficient (Wildman–Crippen LogP) is 1.53. The second-order valence-electron chi connectivity index (χ2n) is 6.44. The first-order valence-corrected chi connectivity index (χ1v) is 8.83. The summed E-state index contributed by atoms with van der Waals surface area (Å²) in [5.74, 6) is -2.15. The van der Waals surface area contributed by atoms with Crippen LogP contribution in [0.3, 0.4) is 0 Å². The van der Waals surface area contributed by atoms with Crippen LogP contribution in [0.1, 0.15) is 43.6 Å². The Morgan fingerprint density at radius 2 is 1.70 bits per heavy atom. The largest absolute Gasteiger partial charge is 0.451 e. The summed E-state index contributed by atoms with van der Waals surface area (Å²) in [6.07, 6.45) is -1.18. The lowest BCUT2D eigenvalue weighted by Crippen LogP contribution is -2.49. The fourth-order valence-electron chi connectivity index (χ4n) is 2.26. The van der Waals surface area contributed by atoms with E-state index in [0.29, 0.717) is 12.1 Å². The van der Waals surface area contributed by atoms with E-state index in [2.05, 4.69) is 16.0 Å². The van der Waals surface area contributed by atoms with Gasteiger partial charge in [0.05, 0.1) is 0 Å². The van der Waals surface area contributed by atoms with Crippen molar-refractivity contribution < 1.29 is 23.9 Å². The van der Waals surface area contributed by atoms with Gasteiger partial charge in [-0.05, 0) is 38.3 Å². The Hall–Kier alpha value is -2.90. The molecular formula is C19H27N3O5. The van der Waals surface area contributed by atoms with Crippen LogP contribution in [0.5, 0.6) is 0 Å². The number of aryl methyl sites for hydroxylation is 1. The van der Waals surface area contributed by atoms with Gasteiger partial charge in [0.2, 0.25) is 0 Å². The predicted molar refractivity (Wildman–Crippen MR) is 100 cm³/mol. The lowest BCUT2D eigenvalue weighted by atomic mass is 10.0. The summed E-state index contributed by atoms with van der Waals surface area (Å²) in [6.45, 7) is 8.72. The Morgan fingerprint density at radius 1 is 1.07 bits per heavy atom. The van der Waals surface area contributed by atoms with E-state index in [0.717, 1.165) is 5.56 Å². The molecular weight excluding hydrogens is 350 g/mol. The van der Waals surface area contributed by atoms with Gasteiger partial charge in [-0.15, -0.1) is 0 Å². The number of urea groups is 1. The SMILES string of the molecule is CCNC(=O)NC(=O)[C@H](C)OC(=O)[C@@H](NC(=O)c1ccccc1C)C(C)C. The van der Waals surface area contributed by atoms with Crippen LogP contribution in [0.15, 0.2) is 24.3 Å². The summed E-state index contributed by atoms with van der Waals surface area (Å²) in [4.78, 5) is 48.2. The number of esters is 1. The quantitative estimate of drug-likeness (QED) is 0.624. The average Bonchev–Trinajstić information content (AvgIpc) is 2.59. The van der Waals surface area contributed by atoms with Gasteiger partial charge in [0.15, 0.2) is 6.10 Å². The smallest absolute Gasteiger partial charge is 0.329 e. The molecule has 3 N–H and O–H groups in total. The Labute approximate surface area is 159 Å². The summed E-state index contributed by atoms with van der Waals surface area (Å²) >= 11 is 0. The van der Waals surface area contributed by atoms with Crippen LogP contribution < -0.4 is 16.0 Å². The molecule has 0 aliphatic rings. The number of hydrogen-bond acceptors (Lipinski definition) is 5. The van der Waals surface area contributed by atoms with E-state index in [1.165, 1.54) is 6.92 Å². The van der Waals surface area contributed by atoms with E-state index >= 15 is 0 Å². The van der Waals surface area contributed by atoms with Crippen LogP contribution in [0, 0.1) is 12.8 Å². The topological polar surface area (TPSA) is 114 Å². The highest BCUT2D eigenvalue weighted by Gasteiger charge is 2.29. The minimum atomic E-state index is -1.18. The monoisotopic (exact) mass is 377 g/mol. The summed E-state index contributed by atoms with van der Waals surface area (Å²) in [6, 6.07) is 5.41. The van der Waals surface area contributed by atoms with Crippen molar-refractivity contribution in [3.8, 4) is 0 Å². The Balaban J connectivity index is 2.75. The van der Waals surface area contributed by atoms with Crippen molar-refractivity contribution in [3.63, 3.8) is 0 Å². The number of imide groups is 1. The maximum absolute atomic E-state index is 12.5. The fraction of sp³-hybridized carbons (Fsp3) is 0.474. The number of carbonyl (C=O) groups excluding carboxylic acids is 4. The zero-order chi connectivity index (χ0) is 20.6. The van der Waals surface area contributed by atoms with E-state index in [-0.39, 0.29) is 5.92 Å². The number of nitrogens with one attached hydrogen (secondary N) is 3. The molecule has 0 aromatic heterocycles. The van der Waals surface area contributed by atoms with Gasteiger partial charge >= 0.3 is 12.0 Å². The molecule has 0 radical (unpaired) electrons. The highest BCUT2D eigenvalue weighted by atomic mass is 16.5. The number of ether oxygens (including phenoxy) is 1. The van der Waals surface area contributed by atoms with Gasteiger partial charge in [0.25, 0.3) is 11.8 Å². The minimum absolute atomic E-state index is 0.260. The van der Waals surface area contributed by atoms with Crippen LogP contribution in [-0.2, 0) is 14.3 Å². The van der Waals surface area contributed by atoms with Crippen molar-refractivity contribution in [2.45, 2.75) is 46.8 Å². The van der Waals surface area contributed by atoms with Gasteiger partial charge in [-0.3, -0.25) is 14.9 Å². The highest BCUT2D eigenvalue weighted by molar-refractivity contribution is 5.99. The van der Waals surface area contributed by atoms with Crippen molar-refractivity contribution >= 4 is 23.8 Å². The van der Waals surface area contributed by atoms with E-state index in [1.807, 2.05) is 6.07 Å². The molecule has 1 aromatic rings. The van der Waals surface area contributed by atoms with Crippen LogP contribution in [-0.4, -0.2) is 42.5 Å². The molecule has 0 aliphatic heterocycles. The number of carbonyl (C=O) groups is 4. The second kappa shape index (κ2) is 10.3. The summed E-state index contributed by atoms with van der Waals surface area (Å²) in [7, 11) is 0. The van der Waals surface area contributed by atoms with Gasteiger partial charge in [0, 0.05) is 12.1 Å². The molecule has 0 aliphatic carbocycles. The van der Waals surface area contributed by atoms with Crippen molar-refractivity contribution in [1.29, 1.82) is 0 Å². The lowest BCUT2D eigenvalue weighted by molar-refractivity contribution is -0.157. The zero-order valence-electron chi connectivity index (χ0n) is 16.3. The minimum Gasteiger partial charge on any atom is -0.451 e. The molecule has 148 valence electrons. The molecule has 0 unspecified atom stereocenters. The number of amides is 4. The Bertz CT molecular complexity index is 702. The molecule has 0 heterocycles. The van der Waals surface area contributed by atoms with Gasteiger partial charge in [-0.2, -0.15) is 0 Å². The Kier molecular flexibility index (Phi) is 8.44. The molecule has 0 spiro atoms. The van der Waals surface area contributed by atoms with E-state index in [9.17, 15) is 19.2 Å². The summed E-state index contributed by atoms with van der Waals surface area (Å²) < 4.78 is 5.14. The molecule has 27 heavy (non-hydrogen) atoms. The highest BCUT2D eigenvalue weighted by Crippen LogP contribution is 2.11. The lowest BCUT2D eigenvalue weighted by Gasteiger charge is -2.23. The first-order chi connectivity index (χ1) is 12.7. The van der Waals surface area contributed by atoms with Crippen LogP contribution >= 0.6 is 0 Å². The van der Waals surface area contributed by atoms with Crippen molar-refractivity contribution in [2.24, 2.45) is 5.92 Å². The second-order valence-corrected chi connectivity index (χ2v) is 6.44. The van der Waals surface area contributed by atoms with Crippen molar-refractivity contribution in [2.75, 3.05) is 6.54 Å². The third-order valence-electron chi connectivity index (χ3n) is 3.83. The standard InChI is InChI=1S/C19H27N3O5/c1-6-20-19(26)22-16(23)13(5)27-18(25)15(11(2)3)21-17(24)14-10-8-7-9-12(14)4/h7-11,13,15H,6H2,1-5H3,(H,21,24)(H2,20,22,23,26)/t13-,15-/m0/s1. The number of benzene rings is 1. The molecule has 8 nitrogen and oxygen atoms in total. The van der Waals surface area contributed by atoms with Crippen molar-refractivity contribution in [1.82, 2.24) is 16.0 Å². The molecule has 0 saturated carbocycles. The molecule has 1 rings (SSSR count). The molecule has 0 bridgehead atoms. The first kappa shape index (κ1) is 22.1. The van der Waals surface area contributed by atoms with Crippen LogP contribution in [0.2, 0.25) is 0 Å². The third kappa shape index (κ3) is 6.73. The average molecular weight is 377 g/mol. The number of rotatable bonds is 7. The third-order valence-corrected chi connectivity index (χ3v) is 3.83. The van der Waals surface area contributed by atoms with Crippen LogP contribution in [0.4, 0.5) is 4.79 Å². The zero-order valence-corrected chi connectivity index (χ0v) is 16.3. The Morgan fingerprint density at radius 3 is 2.26 bits per heavy atom. The molecule has 4 amide bonds.